The summed E-state index contributed by atoms with van der Waals surface area (Å²) in [6.45, 7) is 0. The van der Waals surface area contributed by atoms with Crippen molar-refractivity contribution in [1.29, 1.82) is 0 Å². The number of carbonyl (C=O) groups is 1. The predicted octanol–water partition coefficient (Wildman–Crippen LogP) is 2.81. The Kier molecular flexibility index (Phi) is 2.47. The molecule has 1 fully saturated rings. The molecule has 0 amide bonds. The molecule has 94 valence electrons. The molecule has 0 spiro atoms. The molecule has 0 radical (unpaired) electrons. The Bertz CT molecular complexity index is 598. The summed E-state index contributed by atoms with van der Waals surface area (Å²) in [6, 6.07) is 4.29. The molecule has 3 rings (SSSR count). The fraction of sp³-hybridized carbons (Fsp3) is 0.308. The van der Waals surface area contributed by atoms with E-state index < -0.39 is 11.8 Å². The van der Waals surface area contributed by atoms with E-state index in [1.54, 1.807) is 6.07 Å². The van der Waals surface area contributed by atoms with Gasteiger partial charge in [0.2, 0.25) is 0 Å². The molecule has 4 nitrogen and oxygen atoms in total. The normalized spacial score (nSPS) is 22.7. The molecule has 1 aliphatic rings. The SMILES string of the molecule is O=C(O)C1CC(Oc2cc(F)cc3ccoc23)C1. The summed E-state index contributed by atoms with van der Waals surface area (Å²) in [5.74, 6) is -1.22. The van der Waals surface area contributed by atoms with E-state index in [1.165, 1.54) is 18.4 Å². The number of furan rings is 1. The topological polar surface area (TPSA) is 59.7 Å². The number of hydrogen-bond donors (Lipinski definition) is 1. The number of benzene rings is 1. The molecular weight excluding hydrogens is 239 g/mol. The molecule has 5 heteroatoms. The van der Waals surface area contributed by atoms with Crippen molar-refractivity contribution in [3.05, 3.63) is 30.3 Å². The summed E-state index contributed by atoms with van der Waals surface area (Å²) in [6.07, 6.45) is 2.20. The zero-order valence-corrected chi connectivity index (χ0v) is 9.43. The quantitative estimate of drug-likeness (QED) is 0.909. The summed E-state index contributed by atoms with van der Waals surface area (Å²) < 4.78 is 24.2. The Morgan fingerprint density at radius 1 is 1.44 bits per heavy atom. The highest BCUT2D eigenvalue weighted by Gasteiger charge is 2.36. The maximum absolute atomic E-state index is 13.3. The standard InChI is InChI=1S/C13H11FO4/c14-9-3-7-1-2-17-12(7)11(6-9)18-10-4-8(5-10)13(15)16/h1-3,6,8,10H,4-5H2,(H,15,16). The second-order valence-corrected chi connectivity index (χ2v) is 4.49. The first-order valence-corrected chi connectivity index (χ1v) is 5.69. The number of ether oxygens (including phenoxy) is 1. The first kappa shape index (κ1) is 11.1. The number of aliphatic carboxylic acids is 1. The first-order chi connectivity index (χ1) is 8.63. The average Bonchev–Trinajstić information content (AvgIpc) is 2.69. The Labute approximate surface area is 102 Å². The van der Waals surface area contributed by atoms with Crippen molar-refractivity contribution >= 4 is 16.9 Å². The zero-order chi connectivity index (χ0) is 12.7. The van der Waals surface area contributed by atoms with Gasteiger partial charge in [-0.25, -0.2) is 4.39 Å². The minimum atomic E-state index is -0.808. The summed E-state index contributed by atoms with van der Waals surface area (Å²) in [4.78, 5) is 10.7. The lowest BCUT2D eigenvalue weighted by Crippen LogP contribution is -2.38. The molecule has 0 unspecified atom stereocenters. The zero-order valence-electron chi connectivity index (χ0n) is 9.43. The van der Waals surface area contributed by atoms with Gasteiger partial charge in [0.15, 0.2) is 11.3 Å². The van der Waals surface area contributed by atoms with Crippen LogP contribution in [0.2, 0.25) is 0 Å². The molecule has 0 aliphatic heterocycles. The Balaban J connectivity index is 1.79. The highest BCUT2D eigenvalue weighted by molar-refractivity contribution is 5.83. The molecule has 1 heterocycles. The third kappa shape index (κ3) is 1.81. The Morgan fingerprint density at radius 2 is 2.22 bits per heavy atom. The van der Waals surface area contributed by atoms with Gasteiger partial charge in [-0.3, -0.25) is 4.79 Å². The monoisotopic (exact) mass is 250 g/mol. The minimum absolute atomic E-state index is 0.179. The van der Waals surface area contributed by atoms with Crippen LogP contribution in [-0.2, 0) is 4.79 Å². The summed E-state index contributed by atoms with van der Waals surface area (Å²) in [7, 11) is 0. The van der Waals surface area contributed by atoms with E-state index in [0.29, 0.717) is 29.6 Å². The highest BCUT2D eigenvalue weighted by Crippen LogP contribution is 2.35. The second-order valence-electron chi connectivity index (χ2n) is 4.49. The van der Waals surface area contributed by atoms with Crippen molar-refractivity contribution < 1.29 is 23.4 Å². The molecule has 0 atom stereocenters. The van der Waals surface area contributed by atoms with Crippen molar-refractivity contribution in [2.75, 3.05) is 0 Å². The average molecular weight is 250 g/mol. The van der Waals surface area contributed by atoms with Crippen LogP contribution in [0.5, 0.6) is 5.75 Å². The smallest absolute Gasteiger partial charge is 0.306 e. The molecule has 0 bridgehead atoms. The second kappa shape index (κ2) is 4.01. The van der Waals surface area contributed by atoms with Gasteiger partial charge < -0.3 is 14.3 Å². The Morgan fingerprint density at radius 3 is 2.94 bits per heavy atom. The molecule has 0 saturated heterocycles. The Hall–Kier alpha value is -2.04. The van der Waals surface area contributed by atoms with Crippen molar-refractivity contribution in [1.82, 2.24) is 0 Å². The number of halogens is 1. The van der Waals surface area contributed by atoms with Gasteiger partial charge in [0.25, 0.3) is 0 Å². The van der Waals surface area contributed by atoms with Gasteiger partial charge in [-0.15, -0.1) is 0 Å². The molecule has 1 saturated carbocycles. The van der Waals surface area contributed by atoms with Gasteiger partial charge >= 0.3 is 5.97 Å². The third-order valence-corrected chi connectivity index (χ3v) is 3.22. The fourth-order valence-corrected chi connectivity index (χ4v) is 2.14. The highest BCUT2D eigenvalue weighted by atomic mass is 19.1. The predicted molar refractivity (Wildman–Crippen MR) is 60.9 cm³/mol. The number of rotatable bonds is 3. The summed E-state index contributed by atoms with van der Waals surface area (Å²) in [5.41, 5.74) is 0.496. The van der Waals surface area contributed by atoms with Crippen LogP contribution >= 0.6 is 0 Å². The van der Waals surface area contributed by atoms with Gasteiger partial charge in [-0.1, -0.05) is 0 Å². The van der Waals surface area contributed by atoms with E-state index in [1.807, 2.05) is 0 Å². The number of carboxylic acids is 1. The lowest BCUT2D eigenvalue weighted by Gasteiger charge is -2.32. The molecule has 2 aromatic rings. The minimum Gasteiger partial charge on any atom is -0.486 e. The van der Waals surface area contributed by atoms with Crippen LogP contribution < -0.4 is 4.74 Å². The maximum Gasteiger partial charge on any atom is 0.306 e. The summed E-state index contributed by atoms with van der Waals surface area (Å²) in [5, 5.41) is 9.40. The van der Waals surface area contributed by atoms with Gasteiger partial charge in [-0.05, 0) is 25.0 Å². The van der Waals surface area contributed by atoms with Crippen LogP contribution in [-0.4, -0.2) is 17.2 Å². The van der Waals surface area contributed by atoms with E-state index in [2.05, 4.69) is 0 Å². The number of hydrogen-bond acceptors (Lipinski definition) is 3. The molecule has 18 heavy (non-hydrogen) atoms. The van der Waals surface area contributed by atoms with Crippen LogP contribution in [0.1, 0.15) is 12.8 Å². The van der Waals surface area contributed by atoms with Crippen LogP contribution in [0.4, 0.5) is 4.39 Å². The molecule has 1 aromatic heterocycles. The van der Waals surface area contributed by atoms with Crippen molar-refractivity contribution in [3.8, 4) is 5.75 Å². The number of carboxylic acid groups (broad SMARTS) is 1. The number of fused-ring (bicyclic) bond motifs is 1. The van der Waals surface area contributed by atoms with Gasteiger partial charge in [-0.2, -0.15) is 0 Å². The lowest BCUT2D eigenvalue weighted by molar-refractivity contribution is -0.147. The van der Waals surface area contributed by atoms with Gasteiger partial charge in [0.1, 0.15) is 11.9 Å². The van der Waals surface area contributed by atoms with Crippen LogP contribution in [0.15, 0.2) is 28.9 Å². The van der Waals surface area contributed by atoms with Crippen LogP contribution in [0.3, 0.4) is 0 Å². The van der Waals surface area contributed by atoms with Gasteiger partial charge in [0, 0.05) is 11.5 Å². The van der Waals surface area contributed by atoms with Crippen LogP contribution in [0.25, 0.3) is 11.0 Å². The largest absolute Gasteiger partial charge is 0.486 e. The van der Waals surface area contributed by atoms with Crippen molar-refractivity contribution in [2.45, 2.75) is 18.9 Å². The molecule has 1 aromatic carbocycles. The van der Waals surface area contributed by atoms with E-state index in [9.17, 15) is 9.18 Å². The maximum atomic E-state index is 13.3. The summed E-state index contributed by atoms with van der Waals surface area (Å²) >= 11 is 0. The first-order valence-electron chi connectivity index (χ1n) is 5.69. The molecule has 1 aliphatic carbocycles. The van der Waals surface area contributed by atoms with E-state index >= 15 is 0 Å². The van der Waals surface area contributed by atoms with Crippen LogP contribution in [0, 0.1) is 11.7 Å². The molecule has 1 N–H and O–H groups in total. The van der Waals surface area contributed by atoms with E-state index in [-0.39, 0.29) is 12.0 Å². The fourth-order valence-electron chi connectivity index (χ4n) is 2.14. The lowest BCUT2D eigenvalue weighted by atomic mass is 9.82. The molecular formula is C13H11FO4. The third-order valence-electron chi connectivity index (χ3n) is 3.22. The van der Waals surface area contributed by atoms with Gasteiger partial charge in [0.05, 0.1) is 12.2 Å². The van der Waals surface area contributed by atoms with Crippen molar-refractivity contribution in [3.63, 3.8) is 0 Å². The van der Waals surface area contributed by atoms with E-state index in [0.717, 1.165) is 0 Å². The van der Waals surface area contributed by atoms with E-state index in [4.69, 9.17) is 14.3 Å². The van der Waals surface area contributed by atoms with Crippen molar-refractivity contribution in [2.24, 2.45) is 5.92 Å².